The van der Waals surface area contributed by atoms with E-state index in [0.717, 1.165) is 69.3 Å². The Balaban J connectivity index is 1.28. The molecule has 2 aliphatic heterocycles. The Morgan fingerprint density at radius 1 is 1.19 bits per heavy atom. The Bertz CT molecular complexity index is 850. The zero-order valence-electron chi connectivity index (χ0n) is 19.4. The fourth-order valence-electron chi connectivity index (χ4n) is 4.21. The van der Waals surface area contributed by atoms with E-state index in [1.807, 2.05) is 12.1 Å². The minimum absolute atomic E-state index is 0.285. The quantitative estimate of drug-likeness (QED) is 0.515. The Morgan fingerprint density at radius 2 is 2.00 bits per heavy atom. The first-order chi connectivity index (χ1) is 15.7. The van der Waals surface area contributed by atoms with Crippen LogP contribution in [-0.2, 0) is 16.0 Å². The average Bonchev–Trinajstić information content (AvgIpc) is 3.31. The van der Waals surface area contributed by atoms with Crippen molar-refractivity contribution in [2.75, 3.05) is 32.8 Å². The lowest BCUT2D eigenvalue weighted by Crippen LogP contribution is -2.47. The molecule has 2 aromatic rings. The van der Waals surface area contributed by atoms with Gasteiger partial charge in [0.05, 0.1) is 25.4 Å². The molecule has 0 aliphatic carbocycles. The van der Waals surface area contributed by atoms with Crippen LogP contribution in [0.25, 0.3) is 11.5 Å². The van der Waals surface area contributed by atoms with Crippen molar-refractivity contribution in [3.05, 3.63) is 41.8 Å². The lowest BCUT2D eigenvalue weighted by Gasteiger charge is -2.35. The van der Waals surface area contributed by atoms with Gasteiger partial charge in [-0.3, -0.25) is 0 Å². The fraction of sp³-hybridized carbons (Fsp3) is 0.600. The van der Waals surface area contributed by atoms with Crippen LogP contribution in [0.2, 0.25) is 0 Å². The fourth-order valence-corrected chi connectivity index (χ4v) is 4.21. The molecule has 7 heteroatoms. The number of hydrogen-bond donors (Lipinski definition) is 1. The maximum absolute atomic E-state index is 6.16. The van der Waals surface area contributed by atoms with Crippen molar-refractivity contribution in [1.82, 2.24) is 15.2 Å². The van der Waals surface area contributed by atoms with Gasteiger partial charge < -0.3 is 24.1 Å². The van der Waals surface area contributed by atoms with Crippen LogP contribution in [0.4, 0.5) is 0 Å². The molecule has 7 nitrogen and oxygen atoms in total. The van der Waals surface area contributed by atoms with Crippen LogP contribution < -0.4 is 5.32 Å². The predicted molar refractivity (Wildman–Crippen MR) is 126 cm³/mol. The number of aliphatic imine (C=N–C) groups is 1. The largest absolute Gasteiger partial charge is 0.444 e. The van der Waals surface area contributed by atoms with E-state index in [9.17, 15) is 0 Å². The number of aromatic nitrogens is 1. The Morgan fingerprint density at radius 3 is 2.72 bits per heavy atom. The van der Waals surface area contributed by atoms with Gasteiger partial charge in [-0.1, -0.05) is 17.7 Å². The third-order valence-corrected chi connectivity index (χ3v) is 6.11. The summed E-state index contributed by atoms with van der Waals surface area (Å²) < 4.78 is 17.6. The number of likely N-dealkylation sites (tertiary alicyclic amines) is 1. The van der Waals surface area contributed by atoms with E-state index in [1.54, 1.807) is 6.26 Å². The Hall–Kier alpha value is -2.38. The zero-order valence-corrected chi connectivity index (χ0v) is 19.4. The van der Waals surface area contributed by atoms with Gasteiger partial charge in [0.25, 0.3) is 0 Å². The molecule has 1 unspecified atom stereocenters. The molecule has 2 saturated heterocycles. The van der Waals surface area contributed by atoms with Crippen LogP contribution in [0.5, 0.6) is 0 Å². The molecule has 0 bridgehead atoms. The van der Waals surface area contributed by atoms with E-state index in [4.69, 9.17) is 18.9 Å². The van der Waals surface area contributed by atoms with Crippen LogP contribution in [0.15, 0.2) is 39.9 Å². The number of aryl methyl sites for hydroxylation is 1. The zero-order chi connectivity index (χ0) is 22.2. The first-order valence-electron chi connectivity index (χ1n) is 12.0. The highest BCUT2D eigenvalue weighted by Crippen LogP contribution is 2.20. The van der Waals surface area contributed by atoms with Crippen molar-refractivity contribution >= 4 is 5.96 Å². The summed E-state index contributed by atoms with van der Waals surface area (Å²) in [5.41, 5.74) is 3.04. The van der Waals surface area contributed by atoms with Crippen LogP contribution >= 0.6 is 0 Å². The molecular formula is C25H36N4O3. The lowest BCUT2D eigenvalue weighted by molar-refractivity contribution is -0.0721. The number of piperidine rings is 1. The summed E-state index contributed by atoms with van der Waals surface area (Å²) >= 11 is 0. The summed E-state index contributed by atoms with van der Waals surface area (Å²) in [5, 5.41) is 3.42. The van der Waals surface area contributed by atoms with Gasteiger partial charge in [-0.05, 0) is 58.1 Å². The third-order valence-electron chi connectivity index (χ3n) is 6.11. The monoisotopic (exact) mass is 440 g/mol. The van der Waals surface area contributed by atoms with Gasteiger partial charge in [-0.2, -0.15) is 0 Å². The summed E-state index contributed by atoms with van der Waals surface area (Å²) in [5.74, 6) is 1.57. The highest BCUT2D eigenvalue weighted by Gasteiger charge is 2.24. The van der Waals surface area contributed by atoms with Gasteiger partial charge >= 0.3 is 0 Å². The first-order valence-corrected chi connectivity index (χ1v) is 12.0. The van der Waals surface area contributed by atoms with Crippen molar-refractivity contribution in [3.63, 3.8) is 0 Å². The van der Waals surface area contributed by atoms with Gasteiger partial charge in [-0.25, -0.2) is 9.98 Å². The molecular weight excluding hydrogens is 404 g/mol. The predicted octanol–water partition coefficient (Wildman–Crippen LogP) is 4.17. The van der Waals surface area contributed by atoms with Gasteiger partial charge in [0, 0.05) is 31.8 Å². The van der Waals surface area contributed by atoms with E-state index in [1.165, 1.54) is 18.4 Å². The molecule has 174 valence electrons. The number of oxazole rings is 1. The highest BCUT2D eigenvalue weighted by molar-refractivity contribution is 5.80. The Kier molecular flexibility index (Phi) is 8.18. The molecule has 0 amide bonds. The maximum atomic E-state index is 6.16. The van der Waals surface area contributed by atoms with Crippen LogP contribution in [0, 0.1) is 6.92 Å². The van der Waals surface area contributed by atoms with E-state index in [2.05, 4.69) is 41.2 Å². The molecule has 3 heterocycles. The molecule has 2 fully saturated rings. The van der Waals surface area contributed by atoms with Crippen LogP contribution in [0.1, 0.15) is 50.3 Å². The number of ether oxygens (including phenoxy) is 2. The second-order valence-electron chi connectivity index (χ2n) is 8.69. The highest BCUT2D eigenvalue weighted by atomic mass is 16.5. The molecule has 0 saturated carbocycles. The SMILES string of the molecule is CCNC(=NCc1coc(-c2ccc(C)cc2)n1)N1CCC(OCC2CCCCO2)CC1. The number of nitrogens with one attached hydrogen (secondary N) is 1. The Labute approximate surface area is 191 Å². The van der Waals surface area contributed by atoms with E-state index in [-0.39, 0.29) is 6.10 Å². The standard InChI is InChI=1S/C25H36N4O3/c1-3-26-25(27-16-21-17-32-24(28-21)20-9-7-19(2)8-10-20)29-13-11-22(12-14-29)31-18-23-6-4-5-15-30-23/h7-10,17,22-23H,3-6,11-16,18H2,1-2H3,(H,26,27). The first kappa shape index (κ1) is 22.8. The van der Waals surface area contributed by atoms with Crippen molar-refractivity contribution in [3.8, 4) is 11.5 Å². The van der Waals surface area contributed by atoms with Crippen LogP contribution in [0.3, 0.4) is 0 Å². The summed E-state index contributed by atoms with van der Waals surface area (Å²) in [6.07, 6.45) is 7.90. The van der Waals surface area contributed by atoms with Crippen molar-refractivity contribution in [2.45, 2.75) is 64.7 Å². The number of hydrogen-bond acceptors (Lipinski definition) is 5. The molecule has 1 N–H and O–H groups in total. The smallest absolute Gasteiger partial charge is 0.226 e. The molecule has 0 radical (unpaired) electrons. The van der Waals surface area contributed by atoms with E-state index >= 15 is 0 Å². The van der Waals surface area contributed by atoms with Gasteiger partial charge in [-0.15, -0.1) is 0 Å². The maximum Gasteiger partial charge on any atom is 0.226 e. The van der Waals surface area contributed by atoms with E-state index in [0.29, 0.717) is 18.5 Å². The van der Waals surface area contributed by atoms with Gasteiger partial charge in [0.1, 0.15) is 12.0 Å². The van der Waals surface area contributed by atoms with Crippen molar-refractivity contribution < 1.29 is 13.9 Å². The summed E-state index contributed by atoms with van der Waals surface area (Å²) in [7, 11) is 0. The summed E-state index contributed by atoms with van der Waals surface area (Å²) in [6.45, 7) is 8.99. The molecule has 2 aliphatic rings. The second-order valence-corrected chi connectivity index (χ2v) is 8.69. The van der Waals surface area contributed by atoms with Crippen molar-refractivity contribution in [1.29, 1.82) is 0 Å². The number of benzene rings is 1. The number of guanidine groups is 1. The van der Waals surface area contributed by atoms with Gasteiger partial charge in [0.15, 0.2) is 5.96 Å². The minimum Gasteiger partial charge on any atom is -0.444 e. The molecule has 1 atom stereocenters. The molecule has 1 aromatic heterocycles. The number of rotatable bonds is 7. The van der Waals surface area contributed by atoms with E-state index < -0.39 is 0 Å². The normalized spacial score (nSPS) is 20.5. The molecule has 32 heavy (non-hydrogen) atoms. The van der Waals surface area contributed by atoms with Crippen LogP contribution in [-0.4, -0.2) is 60.9 Å². The van der Waals surface area contributed by atoms with Crippen molar-refractivity contribution in [2.24, 2.45) is 4.99 Å². The second kappa shape index (κ2) is 11.5. The number of nitrogens with zero attached hydrogens (tertiary/aromatic N) is 3. The lowest BCUT2D eigenvalue weighted by atomic mass is 10.1. The topological polar surface area (TPSA) is 72.1 Å². The third kappa shape index (κ3) is 6.33. The molecule has 4 rings (SSSR count). The molecule has 0 spiro atoms. The van der Waals surface area contributed by atoms with Gasteiger partial charge in [0.2, 0.25) is 5.89 Å². The summed E-state index contributed by atoms with van der Waals surface area (Å²) in [6, 6.07) is 8.20. The average molecular weight is 441 g/mol. The summed E-state index contributed by atoms with van der Waals surface area (Å²) in [4.78, 5) is 11.8. The molecule has 1 aromatic carbocycles. The minimum atomic E-state index is 0.285.